The number of alkyl halides is 3. The molecule has 2 atom stereocenters. The molecule has 0 saturated heterocycles. The maximum absolute atomic E-state index is 13.9. The number of ketones is 1. The molecule has 0 bridgehead atoms. The number of hydrogen-bond acceptors (Lipinski definition) is 4. The minimum atomic E-state index is -4.85. The van der Waals surface area contributed by atoms with Crippen LogP contribution >= 0.6 is 11.8 Å². The van der Waals surface area contributed by atoms with Crippen LogP contribution in [-0.2, 0) is 9.59 Å². The molecule has 1 aliphatic carbocycles. The first-order chi connectivity index (χ1) is 16.3. The normalized spacial score (nSPS) is 23.4. The average Bonchev–Trinajstić information content (AvgIpc) is 3.07. The molecule has 1 aromatic carbocycles. The quantitative estimate of drug-likeness (QED) is 0.247. The molecule has 3 rings (SSSR count). The van der Waals surface area contributed by atoms with Crippen LogP contribution in [0.2, 0.25) is 0 Å². The zero-order valence-corrected chi connectivity index (χ0v) is 19.7. The number of carboxylic acid groups (broad SMARTS) is 1. The molecule has 35 heavy (non-hydrogen) atoms. The Kier molecular flexibility index (Phi) is 7.59. The van der Waals surface area contributed by atoms with Crippen molar-refractivity contribution in [3.05, 3.63) is 94.4 Å². The Balaban J connectivity index is 2.14. The SMILES string of the molecule is C=CC(F)=CC(=C(C)C1=C(Oc2ccc(C=CC(=O)O)cc2)C2(C)C=CC(=O)CC2S1)C(F)(F)F. The molecule has 0 spiro atoms. The number of hydrogen-bond donors (Lipinski definition) is 1. The molecule has 1 N–H and O–H groups in total. The molecule has 2 aliphatic rings. The first-order valence-electron chi connectivity index (χ1n) is 10.5. The van der Waals surface area contributed by atoms with E-state index in [2.05, 4.69) is 6.58 Å². The van der Waals surface area contributed by atoms with Crippen LogP contribution in [0.4, 0.5) is 17.6 Å². The molecule has 0 radical (unpaired) electrons. The summed E-state index contributed by atoms with van der Waals surface area (Å²) in [5, 5.41) is 8.36. The number of thioether (sulfide) groups is 1. The number of carbonyl (C=O) groups is 2. The second kappa shape index (κ2) is 10.1. The largest absolute Gasteiger partial charge is 0.478 e. The number of rotatable bonds is 7. The number of aliphatic carboxylic acids is 1. The van der Waals surface area contributed by atoms with Gasteiger partial charge in [-0.05, 0) is 61.4 Å². The molecule has 1 aliphatic heterocycles. The number of ether oxygens (including phenoxy) is 1. The predicted molar refractivity (Wildman–Crippen MR) is 127 cm³/mol. The molecular formula is C26H22F4O4S. The van der Waals surface area contributed by atoms with Gasteiger partial charge in [0, 0.05) is 17.7 Å². The third kappa shape index (κ3) is 5.85. The van der Waals surface area contributed by atoms with Crippen LogP contribution in [0.15, 0.2) is 88.9 Å². The molecule has 0 aromatic heterocycles. The standard InChI is InChI=1S/C26H22F4O4S/c1-4-17(27)13-20(26(28,29)30)15(2)23-24(25(3)12-11-18(31)14-21(25)35-23)34-19-8-5-16(6-9-19)7-10-22(32)33/h4-13,21H,1,14H2,2-3H3,(H,32,33). The highest BCUT2D eigenvalue weighted by Crippen LogP contribution is 2.57. The van der Waals surface area contributed by atoms with Crippen molar-refractivity contribution in [2.24, 2.45) is 5.41 Å². The zero-order valence-electron chi connectivity index (χ0n) is 18.9. The van der Waals surface area contributed by atoms with Crippen LogP contribution in [0.5, 0.6) is 5.75 Å². The number of fused-ring (bicyclic) bond motifs is 1. The van der Waals surface area contributed by atoms with Crippen LogP contribution < -0.4 is 4.74 Å². The summed E-state index contributed by atoms with van der Waals surface area (Å²) < 4.78 is 61.6. The van der Waals surface area contributed by atoms with Gasteiger partial charge in [-0.2, -0.15) is 13.2 Å². The van der Waals surface area contributed by atoms with Gasteiger partial charge in [0.2, 0.25) is 0 Å². The highest BCUT2D eigenvalue weighted by Gasteiger charge is 2.50. The van der Waals surface area contributed by atoms with Gasteiger partial charge in [0.1, 0.15) is 17.3 Å². The van der Waals surface area contributed by atoms with Gasteiger partial charge in [-0.1, -0.05) is 24.8 Å². The number of allylic oxidation sites excluding steroid dienone is 7. The highest BCUT2D eigenvalue weighted by atomic mass is 32.2. The van der Waals surface area contributed by atoms with Crippen molar-refractivity contribution in [3.63, 3.8) is 0 Å². The number of carboxylic acids is 1. The van der Waals surface area contributed by atoms with Gasteiger partial charge >= 0.3 is 12.1 Å². The summed E-state index contributed by atoms with van der Waals surface area (Å²) in [7, 11) is 0. The summed E-state index contributed by atoms with van der Waals surface area (Å²) >= 11 is 1.10. The van der Waals surface area contributed by atoms with E-state index in [9.17, 15) is 27.2 Å². The van der Waals surface area contributed by atoms with E-state index in [1.54, 1.807) is 37.3 Å². The van der Waals surface area contributed by atoms with Crippen molar-refractivity contribution in [2.75, 3.05) is 0 Å². The fourth-order valence-corrected chi connectivity index (χ4v) is 5.35. The second-order valence-corrected chi connectivity index (χ2v) is 9.38. The van der Waals surface area contributed by atoms with Crippen LogP contribution in [0.3, 0.4) is 0 Å². The van der Waals surface area contributed by atoms with Gasteiger partial charge in [0.05, 0.1) is 15.9 Å². The summed E-state index contributed by atoms with van der Waals surface area (Å²) in [4.78, 5) is 22.9. The summed E-state index contributed by atoms with van der Waals surface area (Å²) in [6.07, 6.45) is 1.73. The smallest absolute Gasteiger partial charge is 0.416 e. The Morgan fingerprint density at radius 2 is 1.94 bits per heavy atom. The third-order valence-electron chi connectivity index (χ3n) is 5.67. The van der Waals surface area contributed by atoms with Gasteiger partial charge in [-0.3, -0.25) is 4.79 Å². The van der Waals surface area contributed by atoms with Crippen LogP contribution in [0, 0.1) is 5.41 Å². The summed E-state index contributed by atoms with van der Waals surface area (Å²) in [6.45, 7) is 6.19. The monoisotopic (exact) mass is 506 g/mol. The van der Waals surface area contributed by atoms with Gasteiger partial charge in [-0.15, -0.1) is 11.8 Å². The molecular weight excluding hydrogens is 484 g/mol. The number of carbonyl (C=O) groups excluding carboxylic acids is 1. The Labute approximate surface area is 204 Å². The van der Waals surface area contributed by atoms with Crippen LogP contribution in [0.25, 0.3) is 6.08 Å². The maximum atomic E-state index is 13.9. The minimum Gasteiger partial charge on any atom is -0.478 e. The lowest BCUT2D eigenvalue weighted by molar-refractivity contribution is -0.131. The maximum Gasteiger partial charge on any atom is 0.416 e. The van der Waals surface area contributed by atoms with Crippen molar-refractivity contribution < 1.29 is 37.0 Å². The molecule has 2 unspecified atom stereocenters. The molecule has 1 aromatic rings. The highest BCUT2D eigenvalue weighted by molar-refractivity contribution is 8.04. The fraction of sp³-hybridized carbons (Fsp3) is 0.231. The molecule has 0 amide bonds. The van der Waals surface area contributed by atoms with E-state index in [1.165, 1.54) is 19.1 Å². The van der Waals surface area contributed by atoms with Gasteiger partial charge in [0.25, 0.3) is 0 Å². The molecule has 184 valence electrons. The Bertz CT molecular complexity index is 1200. The van der Waals surface area contributed by atoms with E-state index >= 15 is 0 Å². The first-order valence-corrected chi connectivity index (χ1v) is 11.3. The van der Waals surface area contributed by atoms with Crippen molar-refractivity contribution in [2.45, 2.75) is 31.7 Å². The minimum absolute atomic E-state index is 0.110. The lowest BCUT2D eigenvalue weighted by atomic mass is 9.77. The van der Waals surface area contributed by atoms with E-state index in [0.29, 0.717) is 23.5 Å². The second-order valence-electron chi connectivity index (χ2n) is 8.16. The molecule has 0 saturated carbocycles. The third-order valence-corrected chi connectivity index (χ3v) is 7.34. The first kappa shape index (κ1) is 26.3. The van der Waals surface area contributed by atoms with Crippen molar-refractivity contribution in [1.29, 1.82) is 0 Å². The summed E-state index contributed by atoms with van der Waals surface area (Å²) in [6, 6.07) is 6.32. The van der Waals surface area contributed by atoms with Crippen molar-refractivity contribution in [3.8, 4) is 5.75 Å². The number of benzene rings is 1. The predicted octanol–water partition coefficient (Wildman–Crippen LogP) is 6.94. The Morgan fingerprint density at radius 1 is 1.29 bits per heavy atom. The Hall–Kier alpha value is -3.33. The van der Waals surface area contributed by atoms with Crippen LogP contribution in [-0.4, -0.2) is 28.3 Å². The zero-order chi connectivity index (χ0) is 26.0. The summed E-state index contributed by atoms with van der Waals surface area (Å²) in [5.41, 5.74) is -1.70. The van der Waals surface area contributed by atoms with E-state index in [4.69, 9.17) is 9.84 Å². The van der Waals surface area contributed by atoms with E-state index in [0.717, 1.165) is 17.8 Å². The van der Waals surface area contributed by atoms with Gasteiger partial charge in [0.15, 0.2) is 5.78 Å². The molecule has 0 fully saturated rings. The van der Waals surface area contributed by atoms with Crippen molar-refractivity contribution >= 4 is 29.6 Å². The van der Waals surface area contributed by atoms with Crippen molar-refractivity contribution in [1.82, 2.24) is 0 Å². The van der Waals surface area contributed by atoms with E-state index in [-0.39, 0.29) is 28.4 Å². The Morgan fingerprint density at radius 3 is 2.51 bits per heavy atom. The molecule has 4 nitrogen and oxygen atoms in total. The van der Waals surface area contributed by atoms with Gasteiger partial charge < -0.3 is 9.84 Å². The van der Waals surface area contributed by atoms with Gasteiger partial charge in [-0.25, -0.2) is 9.18 Å². The topological polar surface area (TPSA) is 63.6 Å². The lowest BCUT2D eigenvalue weighted by Gasteiger charge is -2.32. The number of halogens is 4. The summed E-state index contributed by atoms with van der Waals surface area (Å²) in [5.74, 6) is -1.86. The molecule has 9 heteroatoms. The lowest BCUT2D eigenvalue weighted by Crippen LogP contribution is -2.33. The van der Waals surface area contributed by atoms with E-state index in [1.807, 2.05) is 0 Å². The molecule has 1 heterocycles. The van der Waals surface area contributed by atoms with E-state index < -0.39 is 34.2 Å². The van der Waals surface area contributed by atoms with Crippen LogP contribution in [0.1, 0.15) is 25.8 Å². The fourth-order valence-electron chi connectivity index (χ4n) is 3.73. The average molecular weight is 507 g/mol.